The predicted octanol–water partition coefficient (Wildman–Crippen LogP) is 3.61. The van der Waals surface area contributed by atoms with Crippen molar-refractivity contribution in [3.63, 3.8) is 0 Å². The van der Waals surface area contributed by atoms with Crippen LogP contribution in [0.2, 0.25) is 5.02 Å². The fourth-order valence-electron chi connectivity index (χ4n) is 3.54. The molecule has 0 unspecified atom stereocenters. The first-order chi connectivity index (χ1) is 14.4. The number of rotatable bonds is 5. The number of pyridine rings is 1. The predicted molar refractivity (Wildman–Crippen MR) is 111 cm³/mol. The van der Waals surface area contributed by atoms with Gasteiger partial charge in [0.15, 0.2) is 0 Å². The third kappa shape index (κ3) is 3.67. The molecular formula is C21H18ClN3O4S. The number of esters is 1. The fraction of sp³-hybridized carbons (Fsp3) is 0.238. The zero-order chi connectivity index (χ0) is 21.3. The van der Waals surface area contributed by atoms with E-state index in [1.807, 2.05) is 12.1 Å². The van der Waals surface area contributed by atoms with E-state index >= 15 is 0 Å². The lowest BCUT2D eigenvalue weighted by Crippen LogP contribution is -2.28. The standard InChI is InChI=1S/C21H18ClN3O4S/c22-19-7-6-16(30(27,28)25-9-3-4-10-25)11-17(19)21(26)29-14-15-13-24-8-2-1-5-20(24)18(15)12-23/h1-2,5-8,11,13H,3-4,9-10,14H2. The van der Waals surface area contributed by atoms with Gasteiger partial charge < -0.3 is 9.14 Å². The molecule has 1 fully saturated rings. The Morgan fingerprint density at radius 2 is 1.97 bits per heavy atom. The molecule has 0 radical (unpaired) electrons. The molecule has 9 heteroatoms. The highest BCUT2D eigenvalue weighted by Crippen LogP contribution is 2.26. The molecule has 0 amide bonds. The lowest BCUT2D eigenvalue weighted by molar-refractivity contribution is 0.0472. The first kappa shape index (κ1) is 20.4. The molecule has 2 aromatic heterocycles. The largest absolute Gasteiger partial charge is 0.457 e. The summed E-state index contributed by atoms with van der Waals surface area (Å²) in [5, 5.41) is 9.57. The van der Waals surface area contributed by atoms with Crippen LogP contribution in [0.1, 0.15) is 34.3 Å². The lowest BCUT2D eigenvalue weighted by Gasteiger charge is -2.16. The molecule has 0 saturated carbocycles. The van der Waals surface area contributed by atoms with Crippen LogP contribution in [0, 0.1) is 11.3 Å². The summed E-state index contributed by atoms with van der Waals surface area (Å²) < 4.78 is 34.1. The number of carbonyl (C=O) groups is 1. The van der Waals surface area contributed by atoms with Crippen molar-refractivity contribution in [2.24, 2.45) is 0 Å². The molecule has 1 aliphatic heterocycles. The van der Waals surface area contributed by atoms with Crippen molar-refractivity contribution >= 4 is 33.1 Å². The molecule has 7 nitrogen and oxygen atoms in total. The van der Waals surface area contributed by atoms with E-state index in [1.54, 1.807) is 22.9 Å². The maximum atomic E-state index is 12.8. The van der Waals surface area contributed by atoms with Crippen LogP contribution in [0.3, 0.4) is 0 Å². The van der Waals surface area contributed by atoms with Crippen molar-refractivity contribution in [2.75, 3.05) is 13.1 Å². The third-order valence-electron chi connectivity index (χ3n) is 5.09. The lowest BCUT2D eigenvalue weighted by atomic mass is 10.2. The number of hydrogen-bond donors (Lipinski definition) is 0. The molecule has 3 heterocycles. The number of nitriles is 1. The van der Waals surface area contributed by atoms with Gasteiger partial charge in [0.05, 0.1) is 26.6 Å². The summed E-state index contributed by atoms with van der Waals surface area (Å²) in [6.07, 6.45) is 5.14. The van der Waals surface area contributed by atoms with Gasteiger partial charge in [-0.3, -0.25) is 0 Å². The van der Waals surface area contributed by atoms with E-state index < -0.39 is 16.0 Å². The van der Waals surface area contributed by atoms with E-state index in [2.05, 4.69) is 6.07 Å². The highest BCUT2D eigenvalue weighted by Gasteiger charge is 2.28. The number of nitrogens with zero attached hydrogens (tertiary/aromatic N) is 3. The van der Waals surface area contributed by atoms with Crippen molar-refractivity contribution in [3.05, 3.63) is 70.5 Å². The van der Waals surface area contributed by atoms with Crippen molar-refractivity contribution in [1.29, 1.82) is 5.26 Å². The number of sulfonamides is 1. The van der Waals surface area contributed by atoms with Crippen molar-refractivity contribution < 1.29 is 17.9 Å². The maximum Gasteiger partial charge on any atom is 0.340 e. The van der Waals surface area contributed by atoms with Gasteiger partial charge in [-0.15, -0.1) is 0 Å². The van der Waals surface area contributed by atoms with Crippen LogP contribution in [-0.2, 0) is 21.4 Å². The van der Waals surface area contributed by atoms with Gasteiger partial charge in [-0.1, -0.05) is 17.7 Å². The fourth-order valence-corrected chi connectivity index (χ4v) is 5.27. The topological polar surface area (TPSA) is 91.9 Å². The Morgan fingerprint density at radius 1 is 1.20 bits per heavy atom. The second kappa shape index (κ2) is 8.11. The zero-order valence-electron chi connectivity index (χ0n) is 15.9. The highest BCUT2D eigenvalue weighted by molar-refractivity contribution is 7.89. The second-order valence-electron chi connectivity index (χ2n) is 6.96. The van der Waals surface area contributed by atoms with Crippen LogP contribution in [-0.4, -0.2) is 36.2 Å². The maximum absolute atomic E-state index is 12.8. The van der Waals surface area contributed by atoms with Gasteiger partial charge in [0.25, 0.3) is 0 Å². The van der Waals surface area contributed by atoms with Gasteiger partial charge in [-0.05, 0) is 43.2 Å². The molecule has 0 N–H and O–H groups in total. The minimum atomic E-state index is -3.69. The Labute approximate surface area is 179 Å². The van der Waals surface area contributed by atoms with Crippen LogP contribution in [0.4, 0.5) is 0 Å². The first-order valence-electron chi connectivity index (χ1n) is 9.37. The summed E-state index contributed by atoms with van der Waals surface area (Å²) >= 11 is 6.14. The summed E-state index contributed by atoms with van der Waals surface area (Å²) in [5.74, 6) is -0.752. The van der Waals surface area contributed by atoms with Gasteiger partial charge in [0, 0.05) is 31.0 Å². The Balaban J connectivity index is 1.58. The van der Waals surface area contributed by atoms with Gasteiger partial charge in [0.2, 0.25) is 10.0 Å². The van der Waals surface area contributed by atoms with Crippen LogP contribution in [0.15, 0.2) is 53.7 Å². The molecule has 30 heavy (non-hydrogen) atoms. The highest BCUT2D eigenvalue weighted by atomic mass is 35.5. The Morgan fingerprint density at radius 3 is 2.70 bits per heavy atom. The van der Waals surface area contributed by atoms with Crippen molar-refractivity contribution in [2.45, 2.75) is 24.3 Å². The van der Waals surface area contributed by atoms with E-state index in [0.717, 1.165) is 12.8 Å². The van der Waals surface area contributed by atoms with E-state index in [9.17, 15) is 18.5 Å². The van der Waals surface area contributed by atoms with Gasteiger partial charge >= 0.3 is 5.97 Å². The molecule has 1 aliphatic rings. The minimum Gasteiger partial charge on any atom is -0.457 e. The van der Waals surface area contributed by atoms with E-state index in [1.165, 1.54) is 22.5 Å². The van der Waals surface area contributed by atoms with Gasteiger partial charge in [-0.2, -0.15) is 9.57 Å². The smallest absolute Gasteiger partial charge is 0.340 e. The van der Waals surface area contributed by atoms with Crippen LogP contribution in [0.5, 0.6) is 0 Å². The molecular weight excluding hydrogens is 426 g/mol. The number of halogens is 1. The first-order valence-corrected chi connectivity index (χ1v) is 11.2. The normalized spacial score (nSPS) is 14.7. The average molecular weight is 444 g/mol. The molecule has 0 spiro atoms. The monoisotopic (exact) mass is 443 g/mol. The van der Waals surface area contributed by atoms with Gasteiger partial charge in [-0.25, -0.2) is 13.2 Å². The summed E-state index contributed by atoms with van der Waals surface area (Å²) in [5.41, 5.74) is 1.65. The number of ether oxygens (including phenoxy) is 1. The van der Waals surface area contributed by atoms with E-state index in [-0.39, 0.29) is 22.1 Å². The summed E-state index contributed by atoms with van der Waals surface area (Å²) in [4.78, 5) is 12.7. The van der Waals surface area contributed by atoms with E-state index in [4.69, 9.17) is 16.3 Å². The second-order valence-corrected chi connectivity index (χ2v) is 9.31. The average Bonchev–Trinajstić information content (AvgIpc) is 3.40. The molecule has 4 rings (SSSR count). The third-order valence-corrected chi connectivity index (χ3v) is 7.32. The number of carbonyl (C=O) groups excluding carboxylic acids is 1. The summed E-state index contributed by atoms with van der Waals surface area (Å²) in [7, 11) is -3.69. The molecule has 0 atom stereocenters. The number of benzene rings is 1. The SMILES string of the molecule is N#Cc1c(COC(=O)c2cc(S(=O)(=O)N3CCCC3)ccc2Cl)cn2ccccc12. The molecule has 0 aliphatic carbocycles. The van der Waals surface area contributed by atoms with Crippen molar-refractivity contribution in [3.8, 4) is 6.07 Å². The summed E-state index contributed by atoms with van der Waals surface area (Å²) in [6, 6.07) is 11.6. The van der Waals surface area contributed by atoms with Crippen LogP contribution < -0.4 is 0 Å². The van der Waals surface area contributed by atoms with Crippen molar-refractivity contribution in [1.82, 2.24) is 8.71 Å². The Hall–Kier alpha value is -2.86. The molecule has 1 saturated heterocycles. The molecule has 1 aromatic carbocycles. The summed E-state index contributed by atoms with van der Waals surface area (Å²) in [6.45, 7) is 0.788. The zero-order valence-corrected chi connectivity index (χ0v) is 17.5. The van der Waals surface area contributed by atoms with Crippen LogP contribution >= 0.6 is 11.6 Å². The molecule has 154 valence electrons. The number of aromatic nitrogens is 1. The minimum absolute atomic E-state index is 0.00747. The number of fused-ring (bicyclic) bond motifs is 1. The molecule has 3 aromatic rings. The molecule has 0 bridgehead atoms. The Kier molecular flexibility index (Phi) is 5.52. The van der Waals surface area contributed by atoms with Gasteiger partial charge in [0.1, 0.15) is 12.7 Å². The van der Waals surface area contributed by atoms with Crippen LogP contribution in [0.25, 0.3) is 5.52 Å². The van der Waals surface area contributed by atoms with E-state index in [0.29, 0.717) is 29.7 Å². The Bertz CT molecular complexity index is 1270. The quantitative estimate of drug-likeness (QED) is 0.562. The number of hydrogen-bond acceptors (Lipinski definition) is 5.